The fourth-order valence-corrected chi connectivity index (χ4v) is 3.82. The number of allylic oxidation sites excluding steroid dienone is 2. The number of hydrogen-bond acceptors (Lipinski definition) is 4. The number of imide groups is 1. The molecule has 1 aliphatic heterocycles. The molecule has 0 aliphatic carbocycles. The van der Waals surface area contributed by atoms with Gasteiger partial charge < -0.3 is 4.74 Å². The van der Waals surface area contributed by atoms with Crippen LogP contribution in [0.15, 0.2) is 65.6 Å². The van der Waals surface area contributed by atoms with Gasteiger partial charge in [0.15, 0.2) is 0 Å². The van der Waals surface area contributed by atoms with E-state index in [2.05, 4.69) is 26.0 Å². The van der Waals surface area contributed by atoms with E-state index in [-0.39, 0.29) is 24.3 Å². The van der Waals surface area contributed by atoms with Gasteiger partial charge >= 0.3 is 0 Å². The zero-order chi connectivity index (χ0) is 20.8. The number of rotatable bonds is 7. The highest BCUT2D eigenvalue weighted by Gasteiger charge is 2.34. The number of amides is 2. The molecule has 0 spiro atoms. The summed E-state index contributed by atoms with van der Waals surface area (Å²) >= 11 is 0.965. The summed E-state index contributed by atoms with van der Waals surface area (Å²) in [5, 5.41) is -0.258. The second-order valence-corrected chi connectivity index (χ2v) is 8.16. The summed E-state index contributed by atoms with van der Waals surface area (Å²) in [6.45, 7) is 6.74. The molecule has 1 saturated heterocycles. The van der Waals surface area contributed by atoms with Crippen LogP contribution in [0.2, 0.25) is 0 Å². The van der Waals surface area contributed by atoms with Crippen LogP contribution in [0.4, 0.5) is 4.79 Å². The zero-order valence-corrected chi connectivity index (χ0v) is 17.7. The molecule has 0 radical (unpaired) electrons. The molecular weight excluding hydrogens is 382 g/mol. The van der Waals surface area contributed by atoms with Crippen molar-refractivity contribution in [2.24, 2.45) is 0 Å². The van der Waals surface area contributed by atoms with Gasteiger partial charge in [0.1, 0.15) is 12.4 Å². The summed E-state index contributed by atoms with van der Waals surface area (Å²) in [6.07, 6.45) is 5.39. The average Bonchev–Trinajstić information content (AvgIpc) is 2.96. The van der Waals surface area contributed by atoms with Gasteiger partial charge in [-0.2, -0.15) is 0 Å². The molecule has 0 aromatic heterocycles. The van der Waals surface area contributed by atoms with Crippen LogP contribution in [-0.4, -0.2) is 29.2 Å². The second-order valence-electron chi connectivity index (χ2n) is 7.17. The van der Waals surface area contributed by atoms with Crippen LogP contribution in [0.3, 0.4) is 0 Å². The molecule has 0 saturated carbocycles. The molecule has 3 rings (SSSR count). The van der Waals surface area contributed by atoms with Crippen molar-refractivity contribution >= 4 is 29.0 Å². The molecule has 1 heterocycles. The number of hydrogen-bond donors (Lipinski definition) is 0. The van der Waals surface area contributed by atoms with E-state index < -0.39 is 0 Å². The number of carbonyl (C=O) groups excluding carboxylic acids is 2. The molecule has 29 heavy (non-hydrogen) atoms. The Morgan fingerprint density at radius 3 is 2.59 bits per heavy atom. The Balaban J connectivity index is 1.60. The van der Waals surface area contributed by atoms with Crippen LogP contribution in [0.5, 0.6) is 5.75 Å². The third-order valence-corrected chi connectivity index (χ3v) is 5.50. The molecule has 0 bridgehead atoms. The van der Waals surface area contributed by atoms with Crippen molar-refractivity contribution in [3.05, 3.63) is 82.3 Å². The first-order chi connectivity index (χ1) is 14.0. The third kappa shape index (κ3) is 5.39. The predicted molar refractivity (Wildman–Crippen MR) is 119 cm³/mol. The molecule has 1 aliphatic rings. The van der Waals surface area contributed by atoms with Gasteiger partial charge in [0.05, 0.1) is 11.4 Å². The molecule has 4 nitrogen and oxygen atoms in total. The van der Waals surface area contributed by atoms with Gasteiger partial charge in [-0.05, 0) is 53.4 Å². The topological polar surface area (TPSA) is 46.6 Å². The van der Waals surface area contributed by atoms with Crippen LogP contribution in [-0.2, 0) is 4.79 Å². The number of ether oxygens (including phenoxy) is 1. The van der Waals surface area contributed by atoms with Crippen molar-refractivity contribution in [1.82, 2.24) is 4.90 Å². The fraction of sp³-hybridized carbons (Fsp3) is 0.250. The highest BCUT2D eigenvalue weighted by Crippen LogP contribution is 2.31. The Labute approximate surface area is 176 Å². The molecule has 0 N–H and O–H groups in total. The van der Waals surface area contributed by atoms with Gasteiger partial charge in [0.25, 0.3) is 11.1 Å². The van der Waals surface area contributed by atoms with E-state index in [1.807, 2.05) is 49.4 Å². The highest BCUT2D eigenvalue weighted by molar-refractivity contribution is 8.18. The summed E-state index contributed by atoms with van der Waals surface area (Å²) in [5.41, 5.74) is 3.27. The molecule has 0 atom stereocenters. The summed E-state index contributed by atoms with van der Waals surface area (Å²) in [6, 6.07) is 15.9. The summed E-state index contributed by atoms with van der Waals surface area (Å²) < 4.78 is 5.92. The van der Waals surface area contributed by atoms with Gasteiger partial charge in [0.2, 0.25) is 0 Å². The molecule has 0 unspecified atom stereocenters. The van der Waals surface area contributed by atoms with Gasteiger partial charge in [-0.15, -0.1) is 0 Å². The van der Waals surface area contributed by atoms with Crippen molar-refractivity contribution in [3.63, 3.8) is 0 Å². The van der Waals surface area contributed by atoms with Crippen molar-refractivity contribution in [2.45, 2.75) is 26.7 Å². The van der Waals surface area contributed by atoms with E-state index in [0.717, 1.165) is 34.2 Å². The lowest BCUT2D eigenvalue weighted by Gasteiger charge is -2.17. The van der Waals surface area contributed by atoms with E-state index in [0.29, 0.717) is 10.8 Å². The average molecular weight is 408 g/mol. The summed E-state index contributed by atoms with van der Waals surface area (Å²) in [7, 11) is 0. The Morgan fingerprint density at radius 1 is 1.10 bits per heavy atom. The van der Waals surface area contributed by atoms with Crippen LogP contribution < -0.4 is 4.74 Å². The summed E-state index contributed by atoms with van der Waals surface area (Å²) in [5.74, 6) is 0.880. The van der Waals surface area contributed by atoms with Crippen molar-refractivity contribution in [2.75, 3.05) is 13.2 Å². The molecule has 2 amide bonds. The van der Waals surface area contributed by atoms with Crippen molar-refractivity contribution in [1.29, 1.82) is 0 Å². The molecule has 2 aromatic rings. The highest BCUT2D eigenvalue weighted by atomic mass is 32.2. The second kappa shape index (κ2) is 9.61. The maximum Gasteiger partial charge on any atom is 0.293 e. The quantitative estimate of drug-likeness (QED) is 0.545. The minimum Gasteiger partial charge on any atom is -0.491 e. The van der Waals surface area contributed by atoms with E-state index in [1.54, 1.807) is 12.2 Å². The lowest BCUT2D eigenvalue weighted by molar-refractivity contribution is -0.123. The zero-order valence-electron chi connectivity index (χ0n) is 16.9. The van der Waals surface area contributed by atoms with Gasteiger partial charge in [0, 0.05) is 0 Å². The lowest BCUT2D eigenvalue weighted by atomic mass is 10.0. The summed E-state index contributed by atoms with van der Waals surface area (Å²) in [4.78, 5) is 26.5. The Hall–Kier alpha value is -2.79. The van der Waals surface area contributed by atoms with Gasteiger partial charge in [-0.25, -0.2) is 0 Å². The van der Waals surface area contributed by atoms with E-state index >= 15 is 0 Å². The smallest absolute Gasteiger partial charge is 0.293 e. The maximum atomic E-state index is 12.6. The molecule has 150 valence electrons. The minimum absolute atomic E-state index is 0.232. The van der Waals surface area contributed by atoms with E-state index in [4.69, 9.17) is 4.74 Å². The largest absolute Gasteiger partial charge is 0.491 e. The number of carbonyl (C=O) groups is 2. The number of nitrogens with zero attached hydrogens (tertiary/aromatic N) is 1. The van der Waals surface area contributed by atoms with Gasteiger partial charge in [-0.1, -0.05) is 68.5 Å². The molecule has 1 fully saturated rings. The monoisotopic (exact) mass is 407 g/mol. The molecule has 2 aromatic carbocycles. The van der Waals surface area contributed by atoms with Crippen LogP contribution >= 0.6 is 11.8 Å². The van der Waals surface area contributed by atoms with Gasteiger partial charge in [-0.3, -0.25) is 14.5 Å². The fourth-order valence-electron chi connectivity index (χ4n) is 3.01. The van der Waals surface area contributed by atoms with E-state index in [9.17, 15) is 9.59 Å². The molecule has 5 heteroatoms. The number of benzene rings is 2. The standard InChI is InChI=1S/C24H25NO3S/c1-17(2)20-13-12-18(3)16-21(20)28-15-14-25-23(26)22(29-24(25)27)11-7-10-19-8-5-4-6-9-19/h4-13,16-17H,14-15H2,1-3H3/b10-7+,22-11-. The number of thioether (sulfide) groups is 1. The Kier molecular flexibility index (Phi) is 6.94. The van der Waals surface area contributed by atoms with Crippen LogP contribution in [0.1, 0.15) is 36.5 Å². The van der Waals surface area contributed by atoms with Crippen molar-refractivity contribution in [3.8, 4) is 5.75 Å². The van der Waals surface area contributed by atoms with Crippen LogP contribution in [0, 0.1) is 6.92 Å². The van der Waals surface area contributed by atoms with Crippen molar-refractivity contribution < 1.29 is 14.3 Å². The van der Waals surface area contributed by atoms with Crippen LogP contribution in [0.25, 0.3) is 6.08 Å². The first kappa shape index (κ1) is 20.9. The lowest BCUT2D eigenvalue weighted by Crippen LogP contribution is -2.32. The first-order valence-corrected chi connectivity index (χ1v) is 10.5. The Bertz CT molecular complexity index is 948. The maximum absolute atomic E-state index is 12.6. The Morgan fingerprint density at radius 2 is 1.86 bits per heavy atom. The third-order valence-electron chi connectivity index (χ3n) is 4.57. The normalized spacial score (nSPS) is 15.9. The molecular formula is C24H25NO3S. The van der Waals surface area contributed by atoms with E-state index in [1.165, 1.54) is 4.90 Å². The first-order valence-electron chi connectivity index (χ1n) is 9.66. The minimum atomic E-state index is -0.269. The predicted octanol–water partition coefficient (Wildman–Crippen LogP) is 5.79. The number of aryl methyl sites for hydroxylation is 1. The SMILES string of the molecule is Cc1ccc(C(C)C)c(OCCN2C(=O)S/C(=C\C=C\c3ccccc3)C2=O)c1.